The first-order valence-corrected chi connectivity index (χ1v) is 9.72. The van der Waals surface area contributed by atoms with Crippen LogP contribution in [-0.2, 0) is 14.3 Å². The predicted molar refractivity (Wildman–Crippen MR) is 101 cm³/mol. The zero-order chi connectivity index (χ0) is 20.0. The van der Waals surface area contributed by atoms with E-state index in [4.69, 9.17) is 4.74 Å². The van der Waals surface area contributed by atoms with E-state index in [1.54, 1.807) is 0 Å². The molecule has 2 aliphatic rings. The van der Waals surface area contributed by atoms with Crippen molar-refractivity contribution in [2.24, 2.45) is 0 Å². The lowest BCUT2D eigenvalue weighted by atomic mass is 10.0. The summed E-state index contributed by atoms with van der Waals surface area (Å²) in [6, 6.07) is -0.459. The molecule has 27 heavy (non-hydrogen) atoms. The lowest BCUT2D eigenvalue weighted by molar-refractivity contribution is -0.143. The number of hydrogen-bond donors (Lipinski definition) is 3. The largest absolute Gasteiger partial charge is 0.375 e. The van der Waals surface area contributed by atoms with Crippen LogP contribution in [-0.4, -0.2) is 91.7 Å². The first kappa shape index (κ1) is 21.4. The maximum absolute atomic E-state index is 13.0. The number of amides is 4. The minimum absolute atomic E-state index is 0.0159. The van der Waals surface area contributed by atoms with Gasteiger partial charge >= 0.3 is 6.03 Å². The average Bonchev–Trinajstić information content (AvgIpc) is 2.96. The summed E-state index contributed by atoms with van der Waals surface area (Å²) in [5.41, 5.74) is 0. The van der Waals surface area contributed by atoms with Crippen molar-refractivity contribution in [1.82, 2.24) is 25.8 Å². The van der Waals surface area contributed by atoms with Gasteiger partial charge in [0, 0.05) is 38.8 Å². The highest BCUT2D eigenvalue weighted by Crippen LogP contribution is 2.26. The van der Waals surface area contributed by atoms with Crippen LogP contribution in [0.4, 0.5) is 4.79 Å². The number of carbonyl (C=O) groups is 3. The van der Waals surface area contributed by atoms with Crippen LogP contribution in [0.2, 0.25) is 0 Å². The van der Waals surface area contributed by atoms with E-state index >= 15 is 0 Å². The highest BCUT2D eigenvalue weighted by molar-refractivity contribution is 5.85. The van der Waals surface area contributed by atoms with E-state index in [1.807, 2.05) is 18.7 Å². The van der Waals surface area contributed by atoms with Crippen LogP contribution in [0.25, 0.3) is 0 Å². The topological polar surface area (TPSA) is 103 Å². The molecule has 0 aromatic rings. The molecule has 0 aromatic carbocycles. The van der Waals surface area contributed by atoms with Gasteiger partial charge in [-0.25, -0.2) is 4.79 Å². The van der Waals surface area contributed by atoms with Crippen LogP contribution >= 0.6 is 0 Å². The molecule has 154 valence electrons. The van der Waals surface area contributed by atoms with Crippen LogP contribution in [0.3, 0.4) is 0 Å². The first-order chi connectivity index (χ1) is 12.8. The highest BCUT2D eigenvalue weighted by atomic mass is 16.5. The fourth-order valence-corrected chi connectivity index (χ4v) is 3.84. The predicted octanol–water partition coefficient (Wildman–Crippen LogP) is -0.480. The second kappa shape index (κ2) is 9.89. The molecule has 0 spiro atoms. The van der Waals surface area contributed by atoms with Crippen LogP contribution in [0.1, 0.15) is 33.6 Å². The van der Waals surface area contributed by atoms with E-state index < -0.39 is 0 Å². The zero-order valence-electron chi connectivity index (χ0n) is 16.8. The Morgan fingerprint density at radius 1 is 1.30 bits per heavy atom. The fraction of sp³-hybridized carbons (Fsp3) is 0.833. The van der Waals surface area contributed by atoms with Gasteiger partial charge in [0.1, 0.15) is 12.6 Å². The maximum atomic E-state index is 13.0. The second-order valence-electron chi connectivity index (χ2n) is 7.60. The third kappa shape index (κ3) is 5.80. The fourth-order valence-electron chi connectivity index (χ4n) is 3.84. The standard InChI is InChI=1S/C18H33N5O4/c1-5-6-22-10-14-7-13(21-18(26)20-12(2)3)9-23(14)17(25)15(22)8-19-16(24)11-27-4/h12-15H,5-11H2,1-4H3,(H,19,24)(H2,20,21,26)/t13-,14-,15-/m0/s1. The Balaban J connectivity index is 1.98. The summed E-state index contributed by atoms with van der Waals surface area (Å²) in [5, 5.41) is 8.57. The van der Waals surface area contributed by atoms with E-state index in [-0.39, 0.29) is 55.2 Å². The van der Waals surface area contributed by atoms with E-state index in [2.05, 4.69) is 27.8 Å². The number of methoxy groups -OCH3 is 1. The number of rotatable bonds is 8. The number of urea groups is 1. The van der Waals surface area contributed by atoms with Crippen LogP contribution in [0.5, 0.6) is 0 Å². The van der Waals surface area contributed by atoms with E-state index in [1.165, 1.54) is 7.11 Å². The SMILES string of the molecule is CCCN1C[C@@H]2C[C@H](NC(=O)NC(C)C)CN2C(=O)[C@@H]1CNC(=O)COC. The first-order valence-electron chi connectivity index (χ1n) is 9.72. The van der Waals surface area contributed by atoms with Gasteiger partial charge in [0.25, 0.3) is 0 Å². The van der Waals surface area contributed by atoms with Gasteiger partial charge in [-0.05, 0) is 33.2 Å². The summed E-state index contributed by atoms with van der Waals surface area (Å²) < 4.78 is 4.83. The number of piperazine rings is 1. The number of nitrogens with one attached hydrogen (secondary N) is 3. The monoisotopic (exact) mass is 383 g/mol. The number of nitrogens with zero attached hydrogens (tertiary/aromatic N) is 2. The Hall–Kier alpha value is -1.87. The summed E-state index contributed by atoms with van der Waals surface area (Å²) in [4.78, 5) is 40.7. The van der Waals surface area contributed by atoms with Crippen molar-refractivity contribution in [2.75, 3.05) is 39.9 Å². The molecule has 2 fully saturated rings. The van der Waals surface area contributed by atoms with Crippen LogP contribution in [0.15, 0.2) is 0 Å². The minimum atomic E-state index is -0.370. The van der Waals surface area contributed by atoms with Gasteiger partial charge in [-0.3, -0.25) is 14.5 Å². The number of fused-ring (bicyclic) bond motifs is 1. The van der Waals surface area contributed by atoms with Gasteiger partial charge in [0.05, 0.1) is 6.04 Å². The van der Waals surface area contributed by atoms with Crippen molar-refractivity contribution in [3.05, 3.63) is 0 Å². The molecule has 3 atom stereocenters. The average molecular weight is 383 g/mol. The molecule has 0 bridgehead atoms. The molecule has 2 heterocycles. The molecular formula is C18H33N5O4. The van der Waals surface area contributed by atoms with Crippen molar-refractivity contribution in [3.8, 4) is 0 Å². The molecule has 2 rings (SSSR count). The third-order valence-corrected chi connectivity index (χ3v) is 4.90. The molecule has 4 amide bonds. The van der Waals surface area contributed by atoms with Crippen LogP contribution in [0, 0.1) is 0 Å². The summed E-state index contributed by atoms with van der Waals surface area (Å²) >= 11 is 0. The van der Waals surface area contributed by atoms with Crippen LogP contribution < -0.4 is 16.0 Å². The smallest absolute Gasteiger partial charge is 0.315 e. The van der Waals surface area contributed by atoms with E-state index in [0.29, 0.717) is 6.54 Å². The molecule has 0 radical (unpaired) electrons. The van der Waals surface area contributed by atoms with E-state index in [9.17, 15) is 14.4 Å². The van der Waals surface area contributed by atoms with Crippen molar-refractivity contribution in [1.29, 1.82) is 0 Å². The molecule has 9 heteroatoms. The molecule has 9 nitrogen and oxygen atoms in total. The molecule has 0 aromatic heterocycles. The lowest BCUT2D eigenvalue weighted by Crippen LogP contribution is -2.62. The van der Waals surface area contributed by atoms with Gasteiger partial charge < -0.3 is 25.6 Å². The Morgan fingerprint density at radius 3 is 2.67 bits per heavy atom. The maximum Gasteiger partial charge on any atom is 0.315 e. The minimum Gasteiger partial charge on any atom is -0.375 e. The normalized spacial score (nSPS) is 25.4. The number of ether oxygens (including phenoxy) is 1. The molecule has 0 aliphatic carbocycles. The summed E-state index contributed by atoms with van der Waals surface area (Å²) in [6.45, 7) is 8.22. The van der Waals surface area contributed by atoms with Gasteiger partial charge in [0.2, 0.25) is 11.8 Å². The molecule has 2 saturated heterocycles. The van der Waals surface area contributed by atoms with Crippen molar-refractivity contribution in [3.63, 3.8) is 0 Å². The molecule has 3 N–H and O–H groups in total. The Labute approximate surface area is 161 Å². The van der Waals surface area contributed by atoms with Gasteiger partial charge in [0.15, 0.2) is 0 Å². The van der Waals surface area contributed by atoms with Crippen molar-refractivity contribution >= 4 is 17.8 Å². The summed E-state index contributed by atoms with van der Waals surface area (Å²) in [7, 11) is 1.46. The highest BCUT2D eigenvalue weighted by Gasteiger charge is 2.45. The number of hydrogen-bond acceptors (Lipinski definition) is 5. The molecule has 2 aliphatic heterocycles. The van der Waals surface area contributed by atoms with Gasteiger partial charge in [-0.15, -0.1) is 0 Å². The summed E-state index contributed by atoms with van der Waals surface area (Å²) in [5.74, 6) is -0.207. The molecule has 0 unspecified atom stereocenters. The lowest BCUT2D eigenvalue weighted by Gasteiger charge is -2.42. The van der Waals surface area contributed by atoms with Crippen molar-refractivity contribution in [2.45, 2.75) is 57.8 Å². The Kier molecular flexibility index (Phi) is 7.85. The van der Waals surface area contributed by atoms with Gasteiger partial charge in [-0.1, -0.05) is 6.92 Å². The molecular weight excluding hydrogens is 350 g/mol. The Morgan fingerprint density at radius 2 is 2.04 bits per heavy atom. The second-order valence-corrected chi connectivity index (χ2v) is 7.60. The third-order valence-electron chi connectivity index (χ3n) is 4.90. The summed E-state index contributed by atoms with van der Waals surface area (Å²) in [6.07, 6.45) is 1.68. The van der Waals surface area contributed by atoms with Gasteiger partial charge in [-0.2, -0.15) is 0 Å². The van der Waals surface area contributed by atoms with E-state index in [0.717, 1.165) is 25.9 Å². The molecule has 0 saturated carbocycles. The quantitative estimate of drug-likeness (QED) is 0.525. The zero-order valence-corrected chi connectivity index (χ0v) is 16.8. The van der Waals surface area contributed by atoms with Crippen molar-refractivity contribution < 1.29 is 19.1 Å². The Bertz CT molecular complexity index is 542. The number of carbonyl (C=O) groups excluding carboxylic acids is 3.